The van der Waals surface area contributed by atoms with Gasteiger partial charge in [0.2, 0.25) is 0 Å². The number of nitro benzene ring substituents is 1. The van der Waals surface area contributed by atoms with Crippen molar-refractivity contribution in [2.75, 3.05) is 12.4 Å². The lowest BCUT2D eigenvalue weighted by atomic mass is 10.1. The zero-order valence-electron chi connectivity index (χ0n) is 10.0. The van der Waals surface area contributed by atoms with Gasteiger partial charge in [0, 0.05) is 40.6 Å². The van der Waals surface area contributed by atoms with Crippen LogP contribution in [0.1, 0.15) is 23.2 Å². The van der Waals surface area contributed by atoms with Crippen molar-refractivity contribution in [2.24, 2.45) is 0 Å². The highest BCUT2D eigenvalue weighted by atomic mass is 79.9. The Labute approximate surface area is 123 Å². The molecule has 0 saturated heterocycles. The Bertz CT molecular complexity index is 520. The van der Waals surface area contributed by atoms with Crippen LogP contribution >= 0.6 is 27.5 Å². The maximum absolute atomic E-state index is 12.4. The minimum atomic E-state index is -0.509. The van der Waals surface area contributed by atoms with Gasteiger partial charge < -0.3 is 4.90 Å². The number of hydrogen-bond donors (Lipinski definition) is 0. The Hall–Kier alpha value is -1.14. The molecule has 102 valence electrons. The molecule has 1 aromatic carbocycles. The number of nitro groups is 1. The maximum atomic E-state index is 12.4. The fourth-order valence-corrected chi connectivity index (χ4v) is 2.56. The van der Waals surface area contributed by atoms with Gasteiger partial charge in [-0.3, -0.25) is 14.9 Å². The molecule has 0 spiro atoms. The normalized spacial score (nSPS) is 14.2. The fraction of sp³-hybridized carbons (Fsp3) is 0.417. The largest absolute Gasteiger partial charge is 0.334 e. The molecule has 0 radical (unpaired) electrons. The molecule has 0 bridgehead atoms. The van der Waals surface area contributed by atoms with Crippen molar-refractivity contribution in [1.82, 2.24) is 4.90 Å². The molecule has 0 N–H and O–H groups in total. The van der Waals surface area contributed by atoms with Crippen molar-refractivity contribution in [3.8, 4) is 0 Å². The molecule has 1 aromatic rings. The van der Waals surface area contributed by atoms with Crippen LogP contribution in [0.3, 0.4) is 0 Å². The molecular weight excluding hydrogens is 336 g/mol. The number of amides is 1. The van der Waals surface area contributed by atoms with E-state index in [1.807, 2.05) is 0 Å². The summed E-state index contributed by atoms with van der Waals surface area (Å²) >= 11 is 8.89. The molecular formula is C12H12BrClN2O3. The fourth-order valence-electron chi connectivity index (χ4n) is 1.90. The van der Waals surface area contributed by atoms with Crippen molar-refractivity contribution in [1.29, 1.82) is 0 Å². The molecule has 5 nitrogen and oxygen atoms in total. The summed E-state index contributed by atoms with van der Waals surface area (Å²) in [7, 11) is 0. The standard InChI is InChI=1S/C12H12BrClN2O3/c13-9-5-8(6-11(7-9)16(18)19)12(17)15(4-3-14)10-1-2-10/h5-7,10H,1-4H2. The van der Waals surface area contributed by atoms with E-state index in [0.717, 1.165) is 12.8 Å². The number of rotatable bonds is 5. The average molecular weight is 348 g/mol. The predicted molar refractivity (Wildman–Crippen MR) is 75.6 cm³/mol. The zero-order chi connectivity index (χ0) is 14.0. The van der Waals surface area contributed by atoms with Crippen LogP contribution in [0, 0.1) is 10.1 Å². The van der Waals surface area contributed by atoms with Crippen LogP contribution in [0.5, 0.6) is 0 Å². The van der Waals surface area contributed by atoms with Crippen molar-refractivity contribution < 1.29 is 9.72 Å². The lowest BCUT2D eigenvalue weighted by Crippen LogP contribution is -2.34. The summed E-state index contributed by atoms with van der Waals surface area (Å²) in [6, 6.07) is 4.50. The molecule has 1 aliphatic rings. The first-order valence-corrected chi connectivity index (χ1v) is 7.17. The van der Waals surface area contributed by atoms with Gasteiger partial charge in [-0.1, -0.05) is 15.9 Å². The van der Waals surface area contributed by atoms with E-state index in [1.165, 1.54) is 12.1 Å². The van der Waals surface area contributed by atoms with Crippen LogP contribution in [0.25, 0.3) is 0 Å². The Kier molecular flexibility index (Phi) is 4.42. The number of halogens is 2. The predicted octanol–water partition coefficient (Wildman–Crippen LogP) is 3.20. The first-order valence-electron chi connectivity index (χ1n) is 5.85. The third-order valence-corrected chi connectivity index (χ3v) is 3.54. The number of hydrogen-bond acceptors (Lipinski definition) is 3. The van der Waals surface area contributed by atoms with Crippen LogP contribution in [0.4, 0.5) is 5.69 Å². The Morgan fingerprint density at radius 3 is 2.68 bits per heavy atom. The molecule has 1 saturated carbocycles. The van der Waals surface area contributed by atoms with Crippen molar-refractivity contribution >= 4 is 39.1 Å². The van der Waals surface area contributed by atoms with Gasteiger partial charge in [-0.2, -0.15) is 0 Å². The van der Waals surface area contributed by atoms with Gasteiger partial charge in [-0.05, 0) is 18.9 Å². The van der Waals surface area contributed by atoms with Crippen LogP contribution < -0.4 is 0 Å². The molecule has 0 unspecified atom stereocenters. The Morgan fingerprint density at radius 1 is 1.47 bits per heavy atom. The van der Waals surface area contributed by atoms with Crippen LogP contribution in [0.15, 0.2) is 22.7 Å². The van der Waals surface area contributed by atoms with Gasteiger partial charge in [0.1, 0.15) is 0 Å². The van der Waals surface area contributed by atoms with Crippen molar-refractivity contribution in [3.63, 3.8) is 0 Å². The van der Waals surface area contributed by atoms with E-state index in [4.69, 9.17) is 11.6 Å². The summed E-state index contributed by atoms with van der Waals surface area (Å²) in [5.74, 6) is 0.158. The number of non-ortho nitro benzene ring substituents is 1. The summed E-state index contributed by atoms with van der Waals surface area (Å²) < 4.78 is 0.520. The molecule has 1 aliphatic carbocycles. The minimum absolute atomic E-state index is 0.0978. The molecule has 1 amide bonds. The molecule has 0 atom stereocenters. The minimum Gasteiger partial charge on any atom is -0.334 e. The summed E-state index contributed by atoms with van der Waals surface area (Å²) in [6.07, 6.45) is 1.94. The molecule has 1 fully saturated rings. The third kappa shape index (κ3) is 3.45. The van der Waals surface area contributed by atoms with Crippen LogP contribution in [-0.2, 0) is 0 Å². The van der Waals surface area contributed by atoms with E-state index in [2.05, 4.69) is 15.9 Å². The maximum Gasteiger partial charge on any atom is 0.271 e. The molecule has 2 rings (SSSR count). The number of alkyl halides is 1. The second kappa shape index (κ2) is 5.88. The number of nitrogens with zero attached hydrogens (tertiary/aromatic N) is 2. The van der Waals surface area contributed by atoms with E-state index in [0.29, 0.717) is 22.5 Å². The molecule has 19 heavy (non-hydrogen) atoms. The van der Waals surface area contributed by atoms with E-state index in [1.54, 1.807) is 11.0 Å². The summed E-state index contributed by atoms with van der Waals surface area (Å²) in [4.78, 5) is 24.4. The zero-order valence-corrected chi connectivity index (χ0v) is 12.4. The lowest BCUT2D eigenvalue weighted by molar-refractivity contribution is -0.385. The van der Waals surface area contributed by atoms with Gasteiger partial charge >= 0.3 is 0 Å². The number of carbonyl (C=O) groups is 1. The topological polar surface area (TPSA) is 63.4 Å². The summed E-state index contributed by atoms with van der Waals surface area (Å²) in [5.41, 5.74) is 0.220. The highest BCUT2D eigenvalue weighted by Crippen LogP contribution is 2.29. The Morgan fingerprint density at radius 2 is 2.16 bits per heavy atom. The summed E-state index contributed by atoms with van der Waals surface area (Å²) in [5, 5.41) is 10.8. The molecule has 0 aliphatic heterocycles. The van der Waals surface area contributed by atoms with Gasteiger partial charge in [-0.25, -0.2) is 0 Å². The molecule has 0 aromatic heterocycles. The van der Waals surface area contributed by atoms with E-state index in [9.17, 15) is 14.9 Å². The second-order valence-corrected chi connectivity index (χ2v) is 5.67. The van der Waals surface area contributed by atoms with Gasteiger partial charge in [0.15, 0.2) is 0 Å². The van der Waals surface area contributed by atoms with Gasteiger partial charge in [0.25, 0.3) is 11.6 Å². The van der Waals surface area contributed by atoms with Crippen LogP contribution in [-0.4, -0.2) is 34.2 Å². The lowest BCUT2D eigenvalue weighted by Gasteiger charge is -2.21. The van der Waals surface area contributed by atoms with Crippen molar-refractivity contribution in [3.05, 3.63) is 38.3 Å². The Balaban J connectivity index is 2.28. The summed E-state index contributed by atoms with van der Waals surface area (Å²) in [6.45, 7) is 0.464. The van der Waals surface area contributed by atoms with E-state index in [-0.39, 0.29) is 17.6 Å². The first kappa shape index (κ1) is 14.3. The van der Waals surface area contributed by atoms with Crippen molar-refractivity contribution in [2.45, 2.75) is 18.9 Å². The van der Waals surface area contributed by atoms with Crippen LogP contribution in [0.2, 0.25) is 0 Å². The highest BCUT2D eigenvalue weighted by Gasteiger charge is 2.33. The van der Waals surface area contributed by atoms with Gasteiger partial charge in [0.05, 0.1) is 4.92 Å². The van der Waals surface area contributed by atoms with E-state index < -0.39 is 4.92 Å². The van der Waals surface area contributed by atoms with Gasteiger partial charge in [-0.15, -0.1) is 11.6 Å². The number of carbonyl (C=O) groups excluding carboxylic acids is 1. The third-order valence-electron chi connectivity index (χ3n) is 2.91. The first-order chi connectivity index (χ1) is 9.02. The molecule has 7 heteroatoms. The molecule has 0 heterocycles. The highest BCUT2D eigenvalue weighted by molar-refractivity contribution is 9.10. The SMILES string of the molecule is O=C(c1cc(Br)cc([N+](=O)[O-])c1)N(CCCl)C1CC1. The average Bonchev–Trinajstić information content (AvgIpc) is 3.18. The monoisotopic (exact) mass is 346 g/mol. The smallest absolute Gasteiger partial charge is 0.271 e. The second-order valence-electron chi connectivity index (χ2n) is 4.37. The number of benzene rings is 1. The van der Waals surface area contributed by atoms with E-state index >= 15 is 0 Å². The quantitative estimate of drug-likeness (QED) is 0.467.